The maximum Gasteiger partial charge on any atom is 0.225 e. The monoisotopic (exact) mass is 337 g/mol. The Morgan fingerprint density at radius 1 is 1.45 bits per heavy atom. The molecule has 6 heteroatoms. The van der Waals surface area contributed by atoms with Crippen molar-refractivity contribution in [2.45, 2.75) is 19.8 Å². The van der Waals surface area contributed by atoms with Gasteiger partial charge in [-0.25, -0.2) is 0 Å². The number of halogens is 1. The Kier molecular flexibility index (Phi) is 5.17. The number of nitrogens with one attached hydrogen (secondary N) is 2. The highest BCUT2D eigenvalue weighted by Crippen LogP contribution is 2.23. The molecule has 1 aromatic heterocycles. The molecule has 1 heterocycles. The molecule has 106 valence electrons. The molecule has 0 atom stereocenters. The van der Waals surface area contributed by atoms with E-state index in [1.165, 1.54) is 0 Å². The van der Waals surface area contributed by atoms with Crippen LogP contribution in [0.15, 0.2) is 34.8 Å². The number of carbonyl (C=O) groups excluding carboxylic acids is 1. The standard InChI is InChI=1S/C14H16BrN3O2/c1-10-9-13(18-17-10)16-14(19)7-4-8-20-12-6-3-2-5-11(12)15/h2-3,5-6,9H,4,7-8H2,1H3,(H2,16,17,18,19). The van der Waals surface area contributed by atoms with Crippen LogP contribution < -0.4 is 10.1 Å². The van der Waals surface area contributed by atoms with Gasteiger partial charge in [0.1, 0.15) is 5.75 Å². The number of aryl methyl sites for hydroxylation is 1. The number of carbonyl (C=O) groups is 1. The number of para-hydroxylation sites is 1. The fourth-order valence-corrected chi connectivity index (χ4v) is 2.06. The lowest BCUT2D eigenvalue weighted by molar-refractivity contribution is -0.116. The van der Waals surface area contributed by atoms with Crippen LogP contribution in [0, 0.1) is 6.92 Å². The van der Waals surface area contributed by atoms with Gasteiger partial charge in [-0.05, 0) is 41.4 Å². The molecule has 0 spiro atoms. The summed E-state index contributed by atoms with van der Waals surface area (Å²) in [5.41, 5.74) is 0.914. The lowest BCUT2D eigenvalue weighted by Gasteiger charge is -2.07. The average molecular weight is 338 g/mol. The van der Waals surface area contributed by atoms with Gasteiger partial charge in [-0.3, -0.25) is 9.89 Å². The van der Waals surface area contributed by atoms with Gasteiger partial charge in [-0.1, -0.05) is 12.1 Å². The normalized spacial score (nSPS) is 10.3. The number of aromatic amines is 1. The number of ether oxygens (including phenoxy) is 1. The Morgan fingerprint density at radius 2 is 2.25 bits per heavy atom. The highest BCUT2D eigenvalue weighted by atomic mass is 79.9. The van der Waals surface area contributed by atoms with Gasteiger partial charge in [-0.2, -0.15) is 5.10 Å². The zero-order valence-corrected chi connectivity index (χ0v) is 12.7. The van der Waals surface area contributed by atoms with Crippen LogP contribution in [0.1, 0.15) is 18.5 Å². The first kappa shape index (κ1) is 14.6. The quantitative estimate of drug-likeness (QED) is 0.795. The van der Waals surface area contributed by atoms with Crippen LogP contribution >= 0.6 is 15.9 Å². The van der Waals surface area contributed by atoms with Crippen molar-refractivity contribution in [1.29, 1.82) is 0 Å². The van der Waals surface area contributed by atoms with E-state index >= 15 is 0 Å². The highest BCUT2D eigenvalue weighted by Gasteiger charge is 2.05. The van der Waals surface area contributed by atoms with Crippen molar-refractivity contribution in [3.05, 3.63) is 40.5 Å². The zero-order valence-electron chi connectivity index (χ0n) is 11.1. The van der Waals surface area contributed by atoms with Crippen molar-refractivity contribution >= 4 is 27.7 Å². The maximum absolute atomic E-state index is 11.7. The molecule has 0 aliphatic heterocycles. The van der Waals surface area contributed by atoms with Crippen molar-refractivity contribution in [3.8, 4) is 5.75 Å². The van der Waals surface area contributed by atoms with Crippen molar-refractivity contribution in [3.63, 3.8) is 0 Å². The fraction of sp³-hybridized carbons (Fsp3) is 0.286. The number of nitrogens with zero attached hydrogens (tertiary/aromatic N) is 1. The average Bonchev–Trinajstić information content (AvgIpc) is 2.82. The van der Waals surface area contributed by atoms with Gasteiger partial charge in [0.05, 0.1) is 11.1 Å². The number of hydrogen-bond donors (Lipinski definition) is 2. The molecular formula is C14H16BrN3O2. The Bertz CT molecular complexity index is 583. The van der Waals surface area contributed by atoms with E-state index in [2.05, 4.69) is 31.4 Å². The van der Waals surface area contributed by atoms with Gasteiger partial charge < -0.3 is 10.1 Å². The molecule has 0 radical (unpaired) electrons. The molecule has 0 fully saturated rings. The summed E-state index contributed by atoms with van der Waals surface area (Å²) >= 11 is 3.41. The van der Waals surface area contributed by atoms with E-state index in [0.29, 0.717) is 25.3 Å². The number of rotatable bonds is 6. The molecule has 1 aromatic carbocycles. The SMILES string of the molecule is Cc1cc(NC(=O)CCCOc2ccccc2Br)n[nH]1. The van der Waals surface area contributed by atoms with Crippen LogP contribution in [-0.4, -0.2) is 22.7 Å². The Morgan fingerprint density at radius 3 is 2.95 bits per heavy atom. The van der Waals surface area contributed by atoms with Gasteiger partial charge in [0, 0.05) is 18.2 Å². The predicted molar refractivity (Wildman–Crippen MR) is 80.8 cm³/mol. The number of H-pyrrole nitrogens is 1. The summed E-state index contributed by atoms with van der Waals surface area (Å²) in [6, 6.07) is 9.43. The maximum atomic E-state index is 11.7. The molecule has 0 unspecified atom stereocenters. The van der Waals surface area contributed by atoms with Crippen molar-refractivity contribution in [2.75, 3.05) is 11.9 Å². The second-order valence-corrected chi connectivity index (χ2v) is 5.22. The van der Waals surface area contributed by atoms with E-state index in [1.54, 1.807) is 6.07 Å². The van der Waals surface area contributed by atoms with Crippen LogP contribution in [0.25, 0.3) is 0 Å². The first-order chi connectivity index (χ1) is 9.65. The molecule has 0 bridgehead atoms. The minimum atomic E-state index is -0.0628. The van der Waals surface area contributed by atoms with Crippen LogP contribution in [0.4, 0.5) is 5.82 Å². The van der Waals surface area contributed by atoms with Crippen LogP contribution in [-0.2, 0) is 4.79 Å². The van der Waals surface area contributed by atoms with Gasteiger partial charge in [-0.15, -0.1) is 0 Å². The van der Waals surface area contributed by atoms with Gasteiger partial charge >= 0.3 is 0 Å². The second kappa shape index (κ2) is 7.09. The van der Waals surface area contributed by atoms with E-state index in [0.717, 1.165) is 15.9 Å². The molecule has 2 N–H and O–H groups in total. The first-order valence-electron chi connectivity index (χ1n) is 6.34. The fourth-order valence-electron chi connectivity index (χ4n) is 1.66. The van der Waals surface area contributed by atoms with Crippen molar-refractivity contribution in [2.24, 2.45) is 0 Å². The molecule has 1 amide bonds. The smallest absolute Gasteiger partial charge is 0.225 e. The summed E-state index contributed by atoms with van der Waals surface area (Å²) in [6.07, 6.45) is 1.05. The third kappa shape index (κ3) is 4.38. The Hall–Kier alpha value is -1.82. The largest absolute Gasteiger partial charge is 0.492 e. The lowest BCUT2D eigenvalue weighted by Crippen LogP contribution is -2.13. The number of amides is 1. The van der Waals surface area contributed by atoms with Gasteiger partial charge in [0.25, 0.3) is 0 Å². The van der Waals surface area contributed by atoms with E-state index in [-0.39, 0.29) is 5.91 Å². The Balaban J connectivity index is 1.68. The molecule has 0 saturated heterocycles. The molecule has 5 nitrogen and oxygen atoms in total. The lowest BCUT2D eigenvalue weighted by atomic mass is 10.3. The second-order valence-electron chi connectivity index (χ2n) is 4.37. The summed E-state index contributed by atoms with van der Waals surface area (Å²) in [6.45, 7) is 2.38. The zero-order chi connectivity index (χ0) is 14.4. The molecule has 20 heavy (non-hydrogen) atoms. The molecule has 0 aliphatic rings. The molecule has 2 aromatic rings. The van der Waals surface area contributed by atoms with Crippen LogP contribution in [0.3, 0.4) is 0 Å². The van der Waals surface area contributed by atoms with E-state index < -0.39 is 0 Å². The summed E-state index contributed by atoms with van der Waals surface area (Å²) in [4.78, 5) is 11.7. The van der Waals surface area contributed by atoms with Crippen LogP contribution in [0.5, 0.6) is 5.75 Å². The molecular weight excluding hydrogens is 322 g/mol. The molecule has 0 aliphatic carbocycles. The predicted octanol–water partition coefficient (Wildman–Crippen LogP) is 3.28. The highest BCUT2D eigenvalue weighted by molar-refractivity contribution is 9.10. The third-order valence-corrected chi connectivity index (χ3v) is 3.27. The third-order valence-electron chi connectivity index (χ3n) is 2.62. The summed E-state index contributed by atoms with van der Waals surface area (Å²) < 4.78 is 6.51. The topological polar surface area (TPSA) is 67.0 Å². The number of benzene rings is 1. The number of hydrogen-bond acceptors (Lipinski definition) is 3. The van der Waals surface area contributed by atoms with E-state index in [4.69, 9.17) is 4.74 Å². The van der Waals surface area contributed by atoms with Crippen LogP contribution in [0.2, 0.25) is 0 Å². The minimum absolute atomic E-state index is 0.0628. The minimum Gasteiger partial charge on any atom is -0.492 e. The van der Waals surface area contributed by atoms with Crippen molar-refractivity contribution < 1.29 is 9.53 Å². The summed E-state index contributed by atoms with van der Waals surface area (Å²) in [5, 5.41) is 9.45. The number of aromatic nitrogens is 2. The summed E-state index contributed by atoms with van der Waals surface area (Å²) in [7, 11) is 0. The van der Waals surface area contributed by atoms with Gasteiger partial charge in [0.2, 0.25) is 5.91 Å². The Labute approximate surface area is 125 Å². The summed E-state index contributed by atoms with van der Waals surface area (Å²) in [5.74, 6) is 1.28. The molecule has 2 rings (SSSR count). The number of anilines is 1. The van der Waals surface area contributed by atoms with E-state index in [9.17, 15) is 4.79 Å². The van der Waals surface area contributed by atoms with Crippen molar-refractivity contribution in [1.82, 2.24) is 10.2 Å². The first-order valence-corrected chi connectivity index (χ1v) is 7.13. The van der Waals surface area contributed by atoms with Gasteiger partial charge in [0.15, 0.2) is 5.82 Å². The molecule has 0 saturated carbocycles. The van der Waals surface area contributed by atoms with E-state index in [1.807, 2.05) is 31.2 Å².